The molecule has 0 spiro atoms. The maximum Gasteiger partial charge on any atom is 0.508 e. The van der Waals surface area contributed by atoms with Gasteiger partial charge in [0.2, 0.25) is 0 Å². The summed E-state index contributed by atoms with van der Waals surface area (Å²) in [6, 6.07) is 9.62. The topological polar surface area (TPSA) is 35.5 Å². The van der Waals surface area contributed by atoms with Crippen molar-refractivity contribution in [3.05, 3.63) is 48.6 Å². The zero-order valence-corrected chi connectivity index (χ0v) is 8.26. The molecule has 78 valence electrons. The summed E-state index contributed by atoms with van der Waals surface area (Å²) in [7, 11) is 0. The van der Waals surface area contributed by atoms with Crippen LogP contribution in [0.25, 0.3) is 0 Å². The molecular formula is C12H12O3. The zero-order valence-electron chi connectivity index (χ0n) is 8.26. The van der Waals surface area contributed by atoms with Gasteiger partial charge in [0.15, 0.2) is 0 Å². The highest BCUT2D eigenvalue weighted by Crippen LogP contribution is 2.30. The maximum absolute atomic E-state index is 11.0. The quantitative estimate of drug-likeness (QED) is 0.548. The van der Waals surface area contributed by atoms with E-state index in [0.717, 1.165) is 5.56 Å². The molecule has 15 heavy (non-hydrogen) atoms. The van der Waals surface area contributed by atoms with Gasteiger partial charge in [0.25, 0.3) is 0 Å². The van der Waals surface area contributed by atoms with Crippen molar-refractivity contribution < 1.29 is 14.3 Å². The fourth-order valence-corrected chi connectivity index (χ4v) is 1.63. The molecule has 1 aliphatic heterocycles. The van der Waals surface area contributed by atoms with Crippen molar-refractivity contribution in [3.8, 4) is 0 Å². The van der Waals surface area contributed by atoms with Gasteiger partial charge in [-0.1, -0.05) is 36.4 Å². The van der Waals surface area contributed by atoms with Crippen molar-refractivity contribution in [1.82, 2.24) is 0 Å². The number of hydrogen-bond acceptors (Lipinski definition) is 3. The Kier molecular flexibility index (Phi) is 2.72. The summed E-state index contributed by atoms with van der Waals surface area (Å²) < 4.78 is 9.94. The van der Waals surface area contributed by atoms with E-state index in [1.807, 2.05) is 30.3 Å². The molecule has 0 aliphatic carbocycles. The van der Waals surface area contributed by atoms with Crippen LogP contribution in [0.5, 0.6) is 0 Å². The molecule has 0 saturated carbocycles. The van der Waals surface area contributed by atoms with Gasteiger partial charge in [0.05, 0.1) is 5.92 Å². The highest BCUT2D eigenvalue weighted by molar-refractivity contribution is 5.61. The van der Waals surface area contributed by atoms with Gasteiger partial charge in [-0.05, 0) is 5.56 Å². The van der Waals surface area contributed by atoms with Crippen molar-refractivity contribution in [3.63, 3.8) is 0 Å². The molecule has 0 N–H and O–H groups in total. The molecule has 1 heterocycles. The second-order valence-corrected chi connectivity index (χ2v) is 3.41. The Bertz CT molecular complexity index is 358. The first kappa shape index (κ1) is 9.77. The SMILES string of the molecule is C=CC1COC(=O)OC1c1ccccc1. The van der Waals surface area contributed by atoms with Gasteiger partial charge < -0.3 is 9.47 Å². The van der Waals surface area contributed by atoms with E-state index in [2.05, 4.69) is 6.58 Å². The van der Waals surface area contributed by atoms with Crippen LogP contribution in [0.1, 0.15) is 11.7 Å². The largest absolute Gasteiger partial charge is 0.508 e. The highest BCUT2D eigenvalue weighted by atomic mass is 16.7. The van der Waals surface area contributed by atoms with E-state index in [1.54, 1.807) is 6.08 Å². The lowest BCUT2D eigenvalue weighted by molar-refractivity contribution is -0.0470. The van der Waals surface area contributed by atoms with Gasteiger partial charge in [-0.3, -0.25) is 0 Å². The predicted octanol–water partition coefficient (Wildman–Crippen LogP) is 2.70. The minimum absolute atomic E-state index is 0.0186. The van der Waals surface area contributed by atoms with Gasteiger partial charge in [0.1, 0.15) is 12.7 Å². The van der Waals surface area contributed by atoms with Crippen molar-refractivity contribution in [1.29, 1.82) is 0 Å². The molecule has 2 unspecified atom stereocenters. The Morgan fingerprint density at radius 3 is 2.73 bits per heavy atom. The van der Waals surface area contributed by atoms with Crippen LogP contribution < -0.4 is 0 Å². The molecule has 0 aromatic heterocycles. The molecule has 3 nitrogen and oxygen atoms in total. The lowest BCUT2D eigenvalue weighted by Gasteiger charge is -2.28. The Balaban J connectivity index is 2.24. The number of hydrogen-bond donors (Lipinski definition) is 0. The molecule has 0 radical (unpaired) electrons. The molecule has 1 aromatic rings. The summed E-state index contributed by atoms with van der Waals surface area (Å²) in [4.78, 5) is 11.0. The van der Waals surface area contributed by atoms with Crippen molar-refractivity contribution in [2.45, 2.75) is 6.10 Å². The first-order chi connectivity index (χ1) is 7.31. The number of carbonyl (C=O) groups excluding carboxylic acids is 1. The normalized spacial score (nSPS) is 25.2. The molecule has 0 bridgehead atoms. The summed E-state index contributed by atoms with van der Waals surface area (Å²) in [6.45, 7) is 4.05. The molecule has 0 amide bonds. The molecule has 2 atom stereocenters. The summed E-state index contributed by atoms with van der Waals surface area (Å²) in [5, 5.41) is 0. The summed E-state index contributed by atoms with van der Waals surface area (Å²) in [5.41, 5.74) is 0.971. The van der Waals surface area contributed by atoms with E-state index in [4.69, 9.17) is 9.47 Å². The average molecular weight is 204 g/mol. The van der Waals surface area contributed by atoms with Gasteiger partial charge in [-0.25, -0.2) is 4.79 Å². The van der Waals surface area contributed by atoms with Crippen molar-refractivity contribution in [2.75, 3.05) is 6.61 Å². The number of ether oxygens (including phenoxy) is 2. The number of benzene rings is 1. The van der Waals surface area contributed by atoms with Gasteiger partial charge in [-0.2, -0.15) is 0 Å². The third kappa shape index (κ3) is 2.01. The Hall–Kier alpha value is -1.77. The molecule has 2 rings (SSSR count). The zero-order chi connectivity index (χ0) is 10.7. The second kappa shape index (κ2) is 4.17. The van der Waals surface area contributed by atoms with E-state index in [9.17, 15) is 4.79 Å². The fraction of sp³-hybridized carbons (Fsp3) is 0.250. The number of cyclic esters (lactones) is 2. The molecular weight excluding hydrogens is 192 g/mol. The smallest absolute Gasteiger partial charge is 0.433 e. The van der Waals surface area contributed by atoms with Crippen LogP contribution in [0.4, 0.5) is 4.79 Å². The van der Waals surface area contributed by atoms with Crippen LogP contribution >= 0.6 is 0 Å². The molecule has 1 aliphatic rings. The number of carbonyl (C=O) groups is 1. The van der Waals surface area contributed by atoms with Crippen molar-refractivity contribution >= 4 is 6.16 Å². The number of rotatable bonds is 2. The first-order valence-electron chi connectivity index (χ1n) is 4.82. The summed E-state index contributed by atoms with van der Waals surface area (Å²) in [6.07, 6.45) is 0.872. The van der Waals surface area contributed by atoms with Crippen LogP contribution in [-0.4, -0.2) is 12.8 Å². The standard InChI is InChI=1S/C12H12O3/c1-2-9-8-14-12(13)15-11(9)10-6-4-3-5-7-10/h2-7,9,11H,1,8H2. The highest BCUT2D eigenvalue weighted by Gasteiger charge is 2.31. The third-order valence-corrected chi connectivity index (χ3v) is 2.44. The van der Waals surface area contributed by atoms with Gasteiger partial charge >= 0.3 is 6.16 Å². The van der Waals surface area contributed by atoms with E-state index < -0.39 is 6.16 Å². The Morgan fingerprint density at radius 2 is 2.07 bits per heavy atom. The van der Waals surface area contributed by atoms with E-state index >= 15 is 0 Å². The van der Waals surface area contributed by atoms with Gasteiger partial charge in [0, 0.05) is 0 Å². The Labute approximate surface area is 88.3 Å². The fourth-order valence-electron chi connectivity index (χ4n) is 1.63. The maximum atomic E-state index is 11.0. The molecule has 1 fully saturated rings. The molecule has 3 heteroatoms. The van der Waals surface area contributed by atoms with Crippen LogP contribution in [-0.2, 0) is 9.47 Å². The Morgan fingerprint density at radius 1 is 1.33 bits per heavy atom. The lowest BCUT2D eigenvalue weighted by atomic mass is 9.96. The average Bonchev–Trinajstić information content (AvgIpc) is 2.30. The summed E-state index contributed by atoms with van der Waals surface area (Å²) >= 11 is 0. The van der Waals surface area contributed by atoms with Crippen LogP contribution in [0.2, 0.25) is 0 Å². The third-order valence-electron chi connectivity index (χ3n) is 2.44. The van der Waals surface area contributed by atoms with E-state index in [-0.39, 0.29) is 12.0 Å². The summed E-state index contributed by atoms with van der Waals surface area (Å²) in [5.74, 6) is 0.0186. The van der Waals surface area contributed by atoms with Gasteiger partial charge in [-0.15, -0.1) is 6.58 Å². The van der Waals surface area contributed by atoms with E-state index in [0.29, 0.717) is 6.61 Å². The van der Waals surface area contributed by atoms with Crippen molar-refractivity contribution in [2.24, 2.45) is 5.92 Å². The van der Waals surface area contributed by atoms with Crippen LogP contribution in [0.15, 0.2) is 43.0 Å². The lowest BCUT2D eigenvalue weighted by Crippen LogP contribution is -2.29. The van der Waals surface area contributed by atoms with E-state index in [1.165, 1.54) is 0 Å². The minimum Gasteiger partial charge on any atom is -0.433 e. The first-order valence-corrected chi connectivity index (χ1v) is 4.82. The monoisotopic (exact) mass is 204 g/mol. The minimum atomic E-state index is -0.609. The van der Waals surface area contributed by atoms with Crippen LogP contribution in [0, 0.1) is 5.92 Å². The second-order valence-electron chi connectivity index (χ2n) is 3.41. The molecule has 1 saturated heterocycles. The molecule has 1 aromatic carbocycles. The van der Waals surface area contributed by atoms with Crippen LogP contribution in [0.3, 0.4) is 0 Å². The predicted molar refractivity (Wildman–Crippen MR) is 55.3 cm³/mol.